The Bertz CT molecular complexity index is 896. The van der Waals surface area contributed by atoms with Gasteiger partial charge in [-0.1, -0.05) is 19.1 Å². The third kappa shape index (κ3) is 5.30. The Labute approximate surface area is 177 Å². The highest BCUT2D eigenvalue weighted by Gasteiger charge is 2.31. The molecule has 7 heteroatoms. The van der Waals surface area contributed by atoms with Crippen LogP contribution in [0, 0.1) is 0 Å². The number of aryl methyl sites for hydroxylation is 1. The van der Waals surface area contributed by atoms with E-state index >= 15 is 0 Å². The predicted molar refractivity (Wildman–Crippen MR) is 117 cm³/mol. The highest BCUT2D eigenvalue weighted by molar-refractivity contribution is 6.00. The van der Waals surface area contributed by atoms with E-state index in [0.717, 1.165) is 13.0 Å². The molecule has 0 aromatic heterocycles. The number of fused-ring (bicyclic) bond motifs is 1. The Morgan fingerprint density at radius 2 is 1.93 bits per heavy atom. The van der Waals surface area contributed by atoms with Gasteiger partial charge in [-0.25, -0.2) is 0 Å². The summed E-state index contributed by atoms with van der Waals surface area (Å²) in [5.74, 6) is 0.900. The molecule has 1 N–H and O–H groups in total. The average Bonchev–Trinajstić information content (AvgIpc) is 2.73. The van der Waals surface area contributed by atoms with Gasteiger partial charge in [-0.15, -0.1) is 0 Å². The van der Waals surface area contributed by atoms with Crippen molar-refractivity contribution in [3.8, 4) is 11.5 Å². The van der Waals surface area contributed by atoms with Crippen LogP contribution in [0.2, 0.25) is 0 Å². The number of carbonyl (C=O) groups is 2. The zero-order valence-corrected chi connectivity index (χ0v) is 18.0. The van der Waals surface area contributed by atoms with Gasteiger partial charge in [0, 0.05) is 24.8 Å². The van der Waals surface area contributed by atoms with E-state index in [9.17, 15) is 9.59 Å². The summed E-state index contributed by atoms with van der Waals surface area (Å²) in [6, 6.07) is 13.0. The standard InChI is InChI=1S/C23H29N3O4/c1-5-17-6-9-19(10-7-17)29-15-22(27)24-18-8-11-20-21(14-18)30-16(2)23(28)26(20)13-12-25(3)4/h6-11,14,16H,5,12-13,15H2,1-4H3,(H,24,27). The van der Waals surface area contributed by atoms with E-state index in [-0.39, 0.29) is 18.4 Å². The summed E-state index contributed by atoms with van der Waals surface area (Å²) in [7, 11) is 3.93. The number of nitrogens with one attached hydrogen (secondary N) is 1. The van der Waals surface area contributed by atoms with Crippen molar-refractivity contribution >= 4 is 23.2 Å². The molecule has 1 aliphatic heterocycles. The number of nitrogens with zero attached hydrogens (tertiary/aromatic N) is 2. The molecule has 3 rings (SSSR count). The molecular formula is C23H29N3O4. The number of carbonyl (C=O) groups excluding carboxylic acids is 2. The van der Waals surface area contributed by atoms with Gasteiger partial charge in [0.2, 0.25) is 0 Å². The number of amides is 2. The number of anilines is 2. The minimum atomic E-state index is -0.569. The third-order valence-corrected chi connectivity index (χ3v) is 4.92. The fraction of sp³-hybridized carbons (Fsp3) is 0.391. The van der Waals surface area contributed by atoms with E-state index in [2.05, 4.69) is 12.2 Å². The van der Waals surface area contributed by atoms with Gasteiger partial charge >= 0.3 is 0 Å². The van der Waals surface area contributed by atoms with Crippen LogP contribution in [-0.4, -0.2) is 56.6 Å². The van der Waals surface area contributed by atoms with Crippen molar-refractivity contribution in [2.45, 2.75) is 26.4 Å². The number of hydrogen-bond acceptors (Lipinski definition) is 5. The summed E-state index contributed by atoms with van der Waals surface area (Å²) < 4.78 is 11.3. The largest absolute Gasteiger partial charge is 0.484 e. The SMILES string of the molecule is CCc1ccc(OCC(=O)Nc2ccc3c(c2)OC(C)C(=O)N3CCN(C)C)cc1. The van der Waals surface area contributed by atoms with Crippen LogP contribution >= 0.6 is 0 Å². The first-order valence-corrected chi connectivity index (χ1v) is 10.2. The molecule has 30 heavy (non-hydrogen) atoms. The van der Waals surface area contributed by atoms with E-state index in [1.807, 2.05) is 43.3 Å². The van der Waals surface area contributed by atoms with Gasteiger partial charge in [-0.05, 0) is 57.3 Å². The van der Waals surface area contributed by atoms with Crippen molar-refractivity contribution in [3.05, 3.63) is 48.0 Å². The Balaban J connectivity index is 1.64. The van der Waals surface area contributed by atoms with E-state index in [0.29, 0.717) is 29.4 Å². The second-order valence-corrected chi connectivity index (χ2v) is 7.57. The molecule has 1 unspecified atom stereocenters. The zero-order valence-electron chi connectivity index (χ0n) is 18.0. The highest BCUT2D eigenvalue weighted by Crippen LogP contribution is 2.36. The molecule has 1 heterocycles. The lowest BCUT2D eigenvalue weighted by Gasteiger charge is -2.34. The topological polar surface area (TPSA) is 71.1 Å². The molecule has 0 radical (unpaired) electrons. The van der Waals surface area contributed by atoms with Crippen molar-refractivity contribution < 1.29 is 19.1 Å². The number of rotatable bonds is 8. The van der Waals surface area contributed by atoms with E-state index in [4.69, 9.17) is 9.47 Å². The summed E-state index contributed by atoms with van der Waals surface area (Å²) >= 11 is 0. The fourth-order valence-electron chi connectivity index (χ4n) is 3.19. The molecule has 0 spiro atoms. The fourth-order valence-corrected chi connectivity index (χ4v) is 3.19. The first-order valence-electron chi connectivity index (χ1n) is 10.2. The summed E-state index contributed by atoms with van der Waals surface area (Å²) in [6.07, 6.45) is 0.387. The first-order chi connectivity index (χ1) is 14.4. The van der Waals surface area contributed by atoms with Gasteiger partial charge in [0.25, 0.3) is 11.8 Å². The van der Waals surface area contributed by atoms with Crippen LogP contribution in [-0.2, 0) is 16.0 Å². The summed E-state index contributed by atoms with van der Waals surface area (Å²) in [4.78, 5) is 28.6. The molecule has 2 aromatic rings. The van der Waals surface area contributed by atoms with Crippen molar-refractivity contribution in [2.75, 3.05) is 44.0 Å². The van der Waals surface area contributed by atoms with Crippen LogP contribution < -0.4 is 19.7 Å². The maximum absolute atomic E-state index is 12.5. The molecule has 2 aromatic carbocycles. The Hall–Kier alpha value is -3.06. The van der Waals surface area contributed by atoms with Crippen molar-refractivity contribution in [1.29, 1.82) is 0 Å². The quantitative estimate of drug-likeness (QED) is 0.723. The van der Waals surface area contributed by atoms with Crippen molar-refractivity contribution in [3.63, 3.8) is 0 Å². The molecule has 0 fully saturated rings. The van der Waals surface area contributed by atoms with Gasteiger partial charge in [0.05, 0.1) is 5.69 Å². The summed E-state index contributed by atoms with van der Waals surface area (Å²) in [5.41, 5.74) is 2.52. The molecule has 0 saturated heterocycles. The van der Waals surface area contributed by atoms with Crippen LogP contribution in [0.4, 0.5) is 11.4 Å². The Morgan fingerprint density at radius 1 is 1.20 bits per heavy atom. The molecular weight excluding hydrogens is 382 g/mol. The molecule has 0 saturated carbocycles. The van der Waals surface area contributed by atoms with Gasteiger partial charge in [0.1, 0.15) is 11.5 Å². The Morgan fingerprint density at radius 3 is 2.60 bits per heavy atom. The third-order valence-electron chi connectivity index (χ3n) is 4.92. The number of likely N-dealkylation sites (N-methyl/N-ethyl adjacent to an activating group) is 1. The predicted octanol–water partition coefficient (Wildman–Crippen LogP) is 2.94. The maximum atomic E-state index is 12.5. The summed E-state index contributed by atoms with van der Waals surface area (Å²) in [6.45, 7) is 5.05. The molecule has 7 nitrogen and oxygen atoms in total. The smallest absolute Gasteiger partial charge is 0.267 e. The molecule has 160 valence electrons. The lowest BCUT2D eigenvalue weighted by atomic mass is 10.1. The monoisotopic (exact) mass is 411 g/mol. The lowest BCUT2D eigenvalue weighted by molar-refractivity contribution is -0.125. The minimum Gasteiger partial charge on any atom is -0.484 e. The van der Waals surface area contributed by atoms with Crippen molar-refractivity contribution in [1.82, 2.24) is 4.90 Å². The average molecular weight is 412 g/mol. The second-order valence-electron chi connectivity index (χ2n) is 7.57. The minimum absolute atomic E-state index is 0.0661. The molecule has 2 amide bonds. The normalized spacial score (nSPS) is 15.6. The number of hydrogen-bond donors (Lipinski definition) is 1. The van der Waals surface area contributed by atoms with E-state index in [1.54, 1.807) is 30.0 Å². The van der Waals surface area contributed by atoms with Crippen molar-refractivity contribution in [2.24, 2.45) is 0 Å². The van der Waals surface area contributed by atoms with Gasteiger partial charge in [-0.3, -0.25) is 9.59 Å². The lowest BCUT2D eigenvalue weighted by Crippen LogP contribution is -2.46. The van der Waals surface area contributed by atoms with Gasteiger partial charge in [-0.2, -0.15) is 0 Å². The number of benzene rings is 2. The van der Waals surface area contributed by atoms with Gasteiger partial charge < -0.3 is 24.6 Å². The van der Waals surface area contributed by atoms with E-state index < -0.39 is 6.10 Å². The molecule has 0 bridgehead atoms. The van der Waals surface area contributed by atoms with Gasteiger partial charge in [0.15, 0.2) is 12.7 Å². The first kappa shape index (κ1) is 21.6. The highest BCUT2D eigenvalue weighted by atomic mass is 16.5. The van der Waals surface area contributed by atoms with Crippen LogP contribution in [0.15, 0.2) is 42.5 Å². The summed E-state index contributed by atoms with van der Waals surface area (Å²) in [5, 5.41) is 2.82. The molecule has 1 atom stereocenters. The molecule has 0 aliphatic carbocycles. The van der Waals surface area contributed by atoms with Crippen LogP contribution in [0.3, 0.4) is 0 Å². The molecule has 1 aliphatic rings. The zero-order chi connectivity index (χ0) is 21.7. The Kier molecular flexibility index (Phi) is 6.95. The number of ether oxygens (including phenoxy) is 2. The van der Waals surface area contributed by atoms with Crippen LogP contribution in [0.1, 0.15) is 19.4 Å². The second kappa shape index (κ2) is 9.63. The van der Waals surface area contributed by atoms with Crippen LogP contribution in [0.25, 0.3) is 0 Å². The maximum Gasteiger partial charge on any atom is 0.267 e. The van der Waals surface area contributed by atoms with E-state index in [1.165, 1.54) is 5.56 Å². The van der Waals surface area contributed by atoms with Crippen LogP contribution in [0.5, 0.6) is 11.5 Å².